The molecule has 1 rings (SSSR count). The molecule has 0 aliphatic carbocycles. The number of rotatable bonds is 12. The van der Waals surface area contributed by atoms with Crippen LogP contribution in [0.4, 0.5) is 0 Å². The minimum Gasteiger partial charge on any atom is -0.370 e. The summed E-state index contributed by atoms with van der Waals surface area (Å²) in [7, 11) is -2.79. The van der Waals surface area contributed by atoms with Crippen molar-refractivity contribution in [1.29, 1.82) is 0 Å². The van der Waals surface area contributed by atoms with Crippen molar-refractivity contribution in [2.24, 2.45) is 0 Å². The molecule has 0 aliphatic rings. The first-order valence-corrected chi connectivity index (χ1v) is 11.1. The van der Waals surface area contributed by atoms with Crippen molar-refractivity contribution in [1.82, 2.24) is 0 Å². The average molecular weight is 389 g/mol. The molecular formula is C17H29BrO3Si. The molecule has 0 amide bonds. The Bertz CT molecular complexity index is 376. The molecule has 1 aromatic carbocycles. The van der Waals surface area contributed by atoms with E-state index in [1.165, 1.54) is 5.56 Å². The third-order valence-corrected chi connectivity index (χ3v) is 6.37. The quantitative estimate of drug-likeness (QED) is 0.399. The fourth-order valence-electron chi connectivity index (χ4n) is 2.07. The van der Waals surface area contributed by atoms with E-state index in [2.05, 4.69) is 61.0 Å². The van der Waals surface area contributed by atoms with Crippen LogP contribution in [0.5, 0.6) is 0 Å². The largest absolute Gasteiger partial charge is 0.537 e. The van der Waals surface area contributed by atoms with Crippen molar-refractivity contribution in [2.75, 3.05) is 25.2 Å². The molecule has 5 heteroatoms. The Morgan fingerprint density at radius 1 is 0.818 bits per heavy atom. The second kappa shape index (κ2) is 11.4. The lowest BCUT2D eigenvalue weighted by Gasteiger charge is -2.30. The predicted molar refractivity (Wildman–Crippen MR) is 98.1 cm³/mol. The molecule has 0 N–H and O–H groups in total. The van der Waals surface area contributed by atoms with E-state index in [9.17, 15) is 0 Å². The SMILES string of the molecule is CCCO[Si](OCCC)(OCCC)c1ccc(CCBr)cc1. The molecule has 0 atom stereocenters. The van der Waals surface area contributed by atoms with Crippen LogP contribution in [0.3, 0.4) is 0 Å². The Hall–Kier alpha value is -0.203. The molecule has 3 nitrogen and oxygen atoms in total. The van der Waals surface area contributed by atoms with E-state index in [0.29, 0.717) is 19.8 Å². The van der Waals surface area contributed by atoms with Gasteiger partial charge in [-0.25, -0.2) is 0 Å². The van der Waals surface area contributed by atoms with E-state index in [1.54, 1.807) is 0 Å². The van der Waals surface area contributed by atoms with Crippen LogP contribution in [0, 0.1) is 0 Å². The lowest BCUT2D eigenvalue weighted by Crippen LogP contribution is -2.57. The minimum atomic E-state index is -2.79. The van der Waals surface area contributed by atoms with Crippen molar-refractivity contribution < 1.29 is 13.3 Å². The molecule has 0 spiro atoms. The highest BCUT2D eigenvalue weighted by atomic mass is 79.9. The molecule has 22 heavy (non-hydrogen) atoms. The van der Waals surface area contributed by atoms with Gasteiger partial charge in [0.2, 0.25) is 0 Å². The van der Waals surface area contributed by atoms with Crippen LogP contribution in [-0.4, -0.2) is 34.0 Å². The Kier molecular flexibility index (Phi) is 10.2. The number of hydrogen-bond acceptors (Lipinski definition) is 3. The van der Waals surface area contributed by atoms with Crippen LogP contribution < -0.4 is 5.19 Å². The topological polar surface area (TPSA) is 27.7 Å². The van der Waals surface area contributed by atoms with Gasteiger partial charge in [0.05, 0.1) is 0 Å². The summed E-state index contributed by atoms with van der Waals surface area (Å²) >= 11 is 3.48. The number of alkyl halides is 1. The zero-order valence-corrected chi connectivity index (χ0v) is 16.7. The summed E-state index contributed by atoms with van der Waals surface area (Å²) in [5, 5.41) is 2.04. The van der Waals surface area contributed by atoms with Gasteiger partial charge in [-0.1, -0.05) is 61.0 Å². The fraction of sp³-hybridized carbons (Fsp3) is 0.647. The fourth-order valence-corrected chi connectivity index (χ4v) is 5.27. The zero-order chi connectivity index (χ0) is 16.3. The predicted octanol–water partition coefficient (Wildman–Crippen LogP) is 4.05. The molecule has 0 saturated heterocycles. The Balaban J connectivity index is 3.01. The van der Waals surface area contributed by atoms with Crippen LogP contribution in [0.1, 0.15) is 45.6 Å². The highest BCUT2D eigenvalue weighted by Gasteiger charge is 2.43. The summed E-state index contributed by atoms with van der Waals surface area (Å²) < 4.78 is 18.5. The van der Waals surface area contributed by atoms with Gasteiger partial charge in [0.15, 0.2) is 0 Å². The maximum absolute atomic E-state index is 6.15. The van der Waals surface area contributed by atoms with Gasteiger partial charge < -0.3 is 13.3 Å². The smallest absolute Gasteiger partial charge is 0.370 e. The van der Waals surface area contributed by atoms with Crippen LogP contribution in [0.15, 0.2) is 24.3 Å². The second-order valence-electron chi connectivity index (χ2n) is 5.24. The summed E-state index contributed by atoms with van der Waals surface area (Å²) in [5.41, 5.74) is 1.31. The molecule has 0 aromatic heterocycles. The van der Waals surface area contributed by atoms with E-state index in [-0.39, 0.29) is 0 Å². The minimum absolute atomic E-state index is 0.669. The molecule has 126 valence electrons. The highest BCUT2D eigenvalue weighted by Crippen LogP contribution is 2.14. The summed E-state index contributed by atoms with van der Waals surface area (Å²) in [5.74, 6) is 0. The van der Waals surface area contributed by atoms with Crippen LogP contribution in [0.25, 0.3) is 0 Å². The second-order valence-corrected chi connectivity index (χ2v) is 8.59. The standard InChI is InChI=1S/C17H29BrO3Si/c1-4-13-19-22(20-14-5-2,21-15-6-3)17-9-7-16(8-10-17)11-12-18/h7-10H,4-6,11-15H2,1-3H3. The average Bonchev–Trinajstić information content (AvgIpc) is 2.56. The van der Waals surface area contributed by atoms with E-state index in [0.717, 1.165) is 36.2 Å². The van der Waals surface area contributed by atoms with Crippen molar-refractivity contribution in [3.63, 3.8) is 0 Å². The van der Waals surface area contributed by atoms with Gasteiger partial charge in [-0.2, -0.15) is 0 Å². The molecule has 0 heterocycles. The van der Waals surface area contributed by atoms with Gasteiger partial charge in [-0.05, 0) is 31.2 Å². The molecule has 0 fully saturated rings. The van der Waals surface area contributed by atoms with Crippen LogP contribution in [0.2, 0.25) is 0 Å². The first kappa shape index (κ1) is 19.8. The number of benzene rings is 1. The third-order valence-electron chi connectivity index (χ3n) is 3.18. The molecule has 0 aliphatic heterocycles. The normalized spacial score (nSPS) is 11.8. The van der Waals surface area contributed by atoms with Crippen LogP contribution in [-0.2, 0) is 19.7 Å². The molecule has 0 saturated carbocycles. The highest BCUT2D eigenvalue weighted by molar-refractivity contribution is 9.09. The van der Waals surface area contributed by atoms with Crippen molar-refractivity contribution >= 4 is 29.9 Å². The van der Waals surface area contributed by atoms with E-state index < -0.39 is 8.80 Å². The molecule has 1 aromatic rings. The van der Waals surface area contributed by atoms with Crippen molar-refractivity contribution in [3.05, 3.63) is 29.8 Å². The summed E-state index contributed by atoms with van der Waals surface area (Å²) in [6.45, 7) is 8.34. The zero-order valence-electron chi connectivity index (χ0n) is 14.1. The molecule has 0 unspecified atom stereocenters. The maximum Gasteiger partial charge on any atom is 0.537 e. The van der Waals surface area contributed by atoms with Gasteiger partial charge >= 0.3 is 8.80 Å². The summed E-state index contributed by atoms with van der Waals surface area (Å²) in [4.78, 5) is 0. The Morgan fingerprint density at radius 3 is 1.64 bits per heavy atom. The van der Waals surface area contributed by atoms with E-state index >= 15 is 0 Å². The van der Waals surface area contributed by atoms with Crippen LogP contribution >= 0.6 is 15.9 Å². The van der Waals surface area contributed by atoms with Crippen molar-refractivity contribution in [3.8, 4) is 0 Å². The maximum atomic E-state index is 6.15. The summed E-state index contributed by atoms with van der Waals surface area (Å²) in [6.07, 6.45) is 3.90. The Morgan fingerprint density at radius 2 is 1.27 bits per heavy atom. The number of halogens is 1. The summed E-state index contributed by atoms with van der Waals surface area (Å²) in [6, 6.07) is 8.53. The molecule has 0 bridgehead atoms. The van der Waals surface area contributed by atoms with Gasteiger partial charge in [0, 0.05) is 30.3 Å². The van der Waals surface area contributed by atoms with Gasteiger partial charge in [0.25, 0.3) is 0 Å². The van der Waals surface area contributed by atoms with Gasteiger partial charge in [-0.3, -0.25) is 0 Å². The first-order valence-electron chi connectivity index (χ1n) is 8.29. The van der Waals surface area contributed by atoms with Gasteiger partial charge in [0.1, 0.15) is 0 Å². The lowest BCUT2D eigenvalue weighted by molar-refractivity contribution is 0.0732. The van der Waals surface area contributed by atoms with E-state index in [1.807, 2.05) is 0 Å². The first-order chi connectivity index (χ1) is 10.7. The monoisotopic (exact) mass is 388 g/mol. The van der Waals surface area contributed by atoms with E-state index in [4.69, 9.17) is 13.3 Å². The number of hydrogen-bond donors (Lipinski definition) is 0. The lowest BCUT2D eigenvalue weighted by atomic mass is 10.2. The Labute approximate surface area is 144 Å². The third kappa shape index (κ3) is 6.12. The number of aryl methyl sites for hydroxylation is 1. The van der Waals surface area contributed by atoms with Gasteiger partial charge in [-0.15, -0.1) is 0 Å². The molecule has 0 radical (unpaired) electrons. The molecular weight excluding hydrogens is 360 g/mol. The van der Waals surface area contributed by atoms with Crippen molar-refractivity contribution in [2.45, 2.75) is 46.5 Å².